The van der Waals surface area contributed by atoms with Gasteiger partial charge in [-0.25, -0.2) is 22.9 Å². The van der Waals surface area contributed by atoms with Crippen LogP contribution in [0.2, 0.25) is 0 Å². The predicted molar refractivity (Wildman–Crippen MR) is 167 cm³/mol. The van der Waals surface area contributed by atoms with Crippen molar-refractivity contribution < 1.29 is 42.1 Å². The van der Waals surface area contributed by atoms with Gasteiger partial charge in [0.1, 0.15) is 40.0 Å². The minimum Gasteiger partial charge on any atom is -0.444 e. The minimum absolute atomic E-state index is 0.0918. The number of halogens is 3. The molecule has 0 radical (unpaired) electrons. The molecule has 11 nitrogen and oxygen atoms in total. The summed E-state index contributed by atoms with van der Waals surface area (Å²) in [6, 6.07) is 4.36. The number of nitrogens with zero attached hydrogens (tertiary/aromatic N) is 2. The zero-order valence-electron chi connectivity index (χ0n) is 27.1. The Morgan fingerprint density at radius 3 is 2.34 bits per heavy atom. The Morgan fingerprint density at radius 2 is 1.72 bits per heavy atom. The lowest BCUT2D eigenvalue weighted by molar-refractivity contribution is -0.176. The summed E-state index contributed by atoms with van der Waals surface area (Å²) in [6.07, 6.45) is 0.675. The fourth-order valence-corrected chi connectivity index (χ4v) is 4.91. The number of ether oxygens (including phenoxy) is 2. The normalized spacial score (nSPS) is 21.2. The molecule has 1 aliphatic heterocycles. The SMILES string of the molecule is CC(C)C(=O)Nc1cc(F)c(-c2nc(C(=O)Nc3cnccc3[C@H]3C[C@@H](NC(=O)OC(C)(C)C)[C@](C)(O)[C@@H](C)O3)ccc2F)c(F)c1. The van der Waals surface area contributed by atoms with Crippen LogP contribution in [0.15, 0.2) is 42.7 Å². The molecular weight excluding hydrogens is 619 g/mol. The van der Waals surface area contributed by atoms with Crippen LogP contribution >= 0.6 is 0 Å². The summed E-state index contributed by atoms with van der Waals surface area (Å²) in [5.74, 6) is -5.24. The zero-order chi connectivity index (χ0) is 34.8. The summed E-state index contributed by atoms with van der Waals surface area (Å²) in [5, 5.41) is 18.9. The van der Waals surface area contributed by atoms with Crippen LogP contribution in [0.3, 0.4) is 0 Å². The summed E-state index contributed by atoms with van der Waals surface area (Å²) >= 11 is 0. The monoisotopic (exact) mass is 657 g/mol. The standard InChI is InChI=1S/C33H38F3N5O6/c1-16(2)29(42)38-18-12-21(35)27(22(36)13-18)28-20(34)8-9-23(39-28)30(43)40-24-15-37-11-10-19(24)25-14-26(33(7,45)17(3)46-25)41-31(44)47-32(4,5)6/h8-13,15-17,25-26,45H,14H2,1-7H3,(H,38,42)(H,40,43)(H,41,44)/t17-,25-,26-,33-/m1/s1. The molecule has 1 fully saturated rings. The molecule has 4 rings (SSSR count). The van der Waals surface area contributed by atoms with Gasteiger partial charge in [0, 0.05) is 29.8 Å². The number of alkyl carbamates (subject to hydrolysis) is 1. The summed E-state index contributed by atoms with van der Waals surface area (Å²) in [7, 11) is 0. The van der Waals surface area contributed by atoms with E-state index in [2.05, 4.69) is 25.9 Å². The third-order valence-electron chi connectivity index (χ3n) is 7.64. The van der Waals surface area contributed by atoms with E-state index in [-0.39, 0.29) is 23.5 Å². The number of carbonyl (C=O) groups excluding carboxylic acids is 3. The van der Waals surface area contributed by atoms with E-state index in [1.807, 2.05) is 0 Å². The number of carbonyl (C=O) groups is 3. The second-order valence-electron chi connectivity index (χ2n) is 12.8. The average molecular weight is 658 g/mol. The Bertz CT molecular complexity index is 1650. The topological polar surface area (TPSA) is 152 Å². The molecule has 0 unspecified atom stereocenters. The lowest BCUT2D eigenvalue weighted by Crippen LogP contribution is -2.61. The first-order valence-electron chi connectivity index (χ1n) is 15.0. The van der Waals surface area contributed by atoms with Gasteiger partial charge >= 0.3 is 6.09 Å². The van der Waals surface area contributed by atoms with Crippen molar-refractivity contribution in [2.24, 2.45) is 5.92 Å². The molecule has 252 valence electrons. The van der Waals surface area contributed by atoms with Crippen LogP contribution in [0.25, 0.3) is 11.3 Å². The molecule has 3 amide bonds. The Labute approximate surface area is 270 Å². The number of benzene rings is 1. The molecular formula is C33H38F3N5O6. The summed E-state index contributed by atoms with van der Waals surface area (Å²) in [5.41, 5.74) is -3.70. The van der Waals surface area contributed by atoms with Gasteiger partial charge in [0.25, 0.3) is 5.91 Å². The molecule has 4 N–H and O–H groups in total. The maximum atomic E-state index is 15.1. The number of pyridine rings is 2. The number of amides is 3. The Kier molecular flexibility index (Phi) is 10.3. The van der Waals surface area contributed by atoms with Gasteiger partial charge < -0.3 is 30.5 Å². The Hall–Kier alpha value is -4.56. The summed E-state index contributed by atoms with van der Waals surface area (Å²) in [4.78, 5) is 45.9. The van der Waals surface area contributed by atoms with Crippen LogP contribution in [0.4, 0.5) is 29.3 Å². The highest BCUT2D eigenvalue weighted by Crippen LogP contribution is 2.39. The smallest absolute Gasteiger partial charge is 0.407 e. The predicted octanol–water partition coefficient (Wildman–Crippen LogP) is 5.90. The second-order valence-corrected chi connectivity index (χ2v) is 12.8. The maximum Gasteiger partial charge on any atom is 0.407 e. The van der Waals surface area contributed by atoms with E-state index in [4.69, 9.17) is 9.47 Å². The Balaban J connectivity index is 1.59. The van der Waals surface area contributed by atoms with Gasteiger partial charge in [-0.1, -0.05) is 13.8 Å². The third kappa shape index (κ3) is 8.24. The van der Waals surface area contributed by atoms with E-state index in [1.165, 1.54) is 19.3 Å². The number of anilines is 2. The van der Waals surface area contributed by atoms with Gasteiger partial charge in [0.15, 0.2) is 0 Å². The van der Waals surface area contributed by atoms with Crippen molar-refractivity contribution in [1.82, 2.24) is 15.3 Å². The van der Waals surface area contributed by atoms with Crippen molar-refractivity contribution in [2.45, 2.75) is 84.3 Å². The number of nitrogens with one attached hydrogen (secondary N) is 3. The van der Waals surface area contributed by atoms with E-state index in [0.29, 0.717) is 5.56 Å². The van der Waals surface area contributed by atoms with Gasteiger partial charge in [-0.3, -0.25) is 14.6 Å². The molecule has 3 aromatic rings. The van der Waals surface area contributed by atoms with E-state index in [1.54, 1.807) is 47.6 Å². The largest absolute Gasteiger partial charge is 0.444 e. The van der Waals surface area contributed by atoms with Gasteiger partial charge in [0.05, 0.1) is 35.7 Å². The molecule has 1 aromatic carbocycles. The van der Waals surface area contributed by atoms with Crippen molar-refractivity contribution in [3.05, 3.63) is 71.4 Å². The molecule has 0 saturated carbocycles. The first-order valence-corrected chi connectivity index (χ1v) is 15.0. The molecule has 47 heavy (non-hydrogen) atoms. The van der Waals surface area contributed by atoms with E-state index in [9.17, 15) is 23.9 Å². The van der Waals surface area contributed by atoms with Crippen molar-refractivity contribution in [2.75, 3.05) is 10.6 Å². The highest BCUT2D eigenvalue weighted by Gasteiger charge is 2.46. The van der Waals surface area contributed by atoms with Crippen LogP contribution < -0.4 is 16.0 Å². The fraction of sp³-hybridized carbons (Fsp3) is 0.424. The molecule has 2 aromatic heterocycles. The first kappa shape index (κ1) is 35.3. The van der Waals surface area contributed by atoms with Gasteiger partial charge in [0.2, 0.25) is 5.91 Å². The molecule has 0 bridgehead atoms. The highest BCUT2D eigenvalue weighted by molar-refractivity contribution is 6.03. The fourth-order valence-electron chi connectivity index (χ4n) is 4.91. The van der Waals surface area contributed by atoms with Gasteiger partial charge in [-0.15, -0.1) is 0 Å². The molecule has 0 aliphatic carbocycles. The average Bonchev–Trinajstić information content (AvgIpc) is 2.95. The number of hydrogen-bond acceptors (Lipinski definition) is 8. The van der Waals surface area contributed by atoms with Crippen LogP contribution in [0.1, 0.15) is 77.0 Å². The van der Waals surface area contributed by atoms with Crippen LogP contribution in [-0.2, 0) is 14.3 Å². The van der Waals surface area contributed by atoms with E-state index in [0.717, 1.165) is 24.3 Å². The van der Waals surface area contributed by atoms with Crippen molar-refractivity contribution in [3.8, 4) is 11.3 Å². The number of aromatic nitrogens is 2. The van der Waals surface area contributed by atoms with Gasteiger partial charge in [-0.2, -0.15) is 0 Å². The maximum absolute atomic E-state index is 15.1. The van der Waals surface area contributed by atoms with Crippen LogP contribution in [0.5, 0.6) is 0 Å². The molecule has 3 heterocycles. The van der Waals surface area contributed by atoms with Crippen LogP contribution in [0, 0.1) is 23.4 Å². The van der Waals surface area contributed by atoms with Crippen molar-refractivity contribution in [1.29, 1.82) is 0 Å². The molecule has 1 aliphatic rings. The lowest BCUT2D eigenvalue weighted by atomic mass is 9.82. The van der Waals surface area contributed by atoms with Crippen molar-refractivity contribution >= 4 is 29.3 Å². The van der Waals surface area contributed by atoms with E-state index < -0.39 is 82.0 Å². The first-order chi connectivity index (χ1) is 21.9. The van der Waals surface area contributed by atoms with Gasteiger partial charge in [-0.05, 0) is 65.0 Å². The zero-order valence-corrected chi connectivity index (χ0v) is 27.1. The second kappa shape index (κ2) is 13.7. The lowest BCUT2D eigenvalue weighted by Gasteiger charge is -2.45. The van der Waals surface area contributed by atoms with Crippen molar-refractivity contribution in [3.63, 3.8) is 0 Å². The minimum atomic E-state index is -1.47. The molecule has 1 saturated heterocycles. The van der Waals surface area contributed by atoms with Crippen LogP contribution in [-0.4, -0.2) is 56.3 Å². The molecule has 4 atom stereocenters. The molecule has 0 spiro atoms. The highest BCUT2D eigenvalue weighted by atomic mass is 19.1. The number of aliphatic hydroxyl groups is 1. The summed E-state index contributed by atoms with van der Waals surface area (Å²) < 4.78 is 56.5. The molecule has 14 heteroatoms. The summed E-state index contributed by atoms with van der Waals surface area (Å²) in [6.45, 7) is 11.5. The van der Waals surface area contributed by atoms with E-state index >= 15 is 8.78 Å². The number of hydrogen-bond donors (Lipinski definition) is 4. The Morgan fingerprint density at radius 1 is 1.06 bits per heavy atom. The number of rotatable bonds is 7. The quantitative estimate of drug-likeness (QED) is 0.245. The third-order valence-corrected chi connectivity index (χ3v) is 7.64.